The van der Waals surface area contributed by atoms with Crippen LogP contribution in [0.5, 0.6) is 0 Å². The highest BCUT2D eigenvalue weighted by Gasteiger charge is 2.30. The summed E-state index contributed by atoms with van der Waals surface area (Å²) in [6.07, 6.45) is 48.7. The van der Waals surface area contributed by atoms with Crippen molar-refractivity contribution in [1.29, 1.82) is 0 Å². The molecule has 94 heavy (non-hydrogen) atoms. The lowest BCUT2D eigenvalue weighted by Crippen LogP contribution is -2.30. The first kappa shape index (κ1) is 92.1. The van der Waals surface area contributed by atoms with Crippen LogP contribution in [-0.4, -0.2) is 96.7 Å². The van der Waals surface area contributed by atoms with E-state index >= 15 is 0 Å². The van der Waals surface area contributed by atoms with Crippen LogP contribution in [-0.2, 0) is 65.4 Å². The molecule has 19 heteroatoms. The summed E-state index contributed by atoms with van der Waals surface area (Å²) < 4.78 is 68.5. The molecule has 0 aliphatic rings. The van der Waals surface area contributed by atoms with Crippen molar-refractivity contribution in [2.75, 3.05) is 39.6 Å². The van der Waals surface area contributed by atoms with Crippen molar-refractivity contribution >= 4 is 39.5 Å². The van der Waals surface area contributed by atoms with Crippen LogP contribution in [0.1, 0.15) is 376 Å². The van der Waals surface area contributed by atoms with Crippen LogP contribution in [0.4, 0.5) is 0 Å². The summed E-state index contributed by atoms with van der Waals surface area (Å²) in [6, 6.07) is 0. The van der Waals surface area contributed by atoms with Gasteiger partial charge in [-0.3, -0.25) is 37.3 Å². The van der Waals surface area contributed by atoms with Crippen molar-refractivity contribution in [3.63, 3.8) is 0 Å². The predicted molar refractivity (Wildman–Crippen MR) is 381 cm³/mol. The molecule has 0 aromatic carbocycles. The molecule has 0 heterocycles. The van der Waals surface area contributed by atoms with Crippen molar-refractivity contribution in [3.05, 3.63) is 0 Å². The minimum absolute atomic E-state index is 0.104. The molecular formula is C75H146O17P2. The molecule has 0 saturated heterocycles. The van der Waals surface area contributed by atoms with Crippen molar-refractivity contribution in [2.45, 2.75) is 395 Å². The summed E-state index contributed by atoms with van der Waals surface area (Å²) in [6.45, 7) is 14.1. The van der Waals surface area contributed by atoms with E-state index in [-0.39, 0.29) is 25.7 Å². The molecule has 0 aromatic rings. The van der Waals surface area contributed by atoms with E-state index < -0.39 is 97.5 Å². The molecule has 0 amide bonds. The van der Waals surface area contributed by atoms with Gasteiger partial charge in [-0.25, -0.2) is 9.13 Å². The van der Waals surface area contributed by atoms with Gasteiger partial charge in [-0.2, -0.15) is 0 Å². The van der Waals surface area contributed by atoms with E-state index in [1.165, 1.54) is 173 Å². The normalized spacial score (nSPS) is 14.4. The Hall–Kier alpha value is -1.94. The van der Waals surface area contributed by atoms with Crippen molar-refractivity contribution in [2.24, 2.45) is 23.7 Å². The summed E-state index contributed by atoms with van der Waals surface area (Å²) in [5.74, 6) is 0.907. The fraction of sp³-hybridized carbons (Fsp3) is 0.947. The average molecular weight is 1380 g/mol. The van der Waals surface area contributed by atoms with E-state index in [1.807, 2.05) is 0 Å². The molecular weight excluding hydrogens is 1230 g/mol. The monoisotopic (exact) mass is 1380 g/mol. The van der Waals surface area contributed by atoms with E-state index in [0.717, 1.165) is 120 Å². The van der Waals surface area contributed by atoms with Gasteiger partial charge in [0.05, 0.1) is 26.4 Å². The Morgan fingerprint density at radius 3 is 0.755 bits per heavy atom. The highest BCUT2D eigenvalue weighted by molar-refractivity contribution is 7.47. The number of carbonyl (C=O) groups excluding carboxylic acids is 4. The molecule has 3 unspecified atom stereocenters. The maximum absolute atomic E-state index is 13.1. The molecule has 0 aliphatic heterocycles. The van der Waals surface area contributed by atoms with Gasteiger partial charge in [-0.05, 0) is 49.4 Å². The fourth-order valence-electron chi connectivity index (χ4n) is 11.3. The number of unbranched alkanes of at least 4 members (excludes halogenated alkanes) is 37. The second-order valence-corrected chi connectivity index (χ2v) is 31.6. The second-order valence-electron chi connectivity index (χ2n) is 28.7. The van der Waals surface area contributed by atoms with E-state index in [0.29, 0.717) is 25.7 Å². The summed E-state index contributed by atoms with van der Waals surface area (Å²) in [5, 5.41) is 10.6. The molecule has 0 aromatic heterocycles. The number of ether oxygens (including phenoxy) is 4. The number of hydrogen-bond donors (Lipinski definition) is 3. The zero-order valence-electron chi connectivity index (χ0n) is 61.6. The molecule has 558 valence electrons. The Labute approximate surface area is 575 Å². The van der Waals surface area contributed by atoms with Gasteiger partial charge in [-0.15, -0.1) is 0 Å². The predicted octanol–water partition coefficient (Wildman–Crippen LogP) is 21.7. The summed E-state index contributed by atoms with van der Waals surface area (Å²) in [5.41, 5.74) is 0. The topological polar surface area (TPSA) is 237 Å². The largest absolute Gasteiger partial charge is 0.472 e. The number of phosphoric ester groups is 2. The summed E-state index contributed by atoms with van der Waals surface area (Å²) in [7, 11) is -9.91. The van der Waals surface area contributed by atoms with E-state index in [9.17, 15) is 43.2 Å². The van der Waals surface area contributed by atoms with E-state index in [4.69, 9.17) is 37.0 Å². The number of aliphatic hydroxyl groups excluding tert-OH is 1. The van der Waals surface area contributed by atoms with E-state index in [2.05, 4.69) is 55.4 Å². The zero-order chi connectivity index (χ0) is 69.6. The molecule has 0 aliphatic carbocycles. The van der Waals surface area contributed by atoms with Crippen LogP contribution < -0.4 is 0 Å². The molecule has 6 atom stereocenters. The molecule has 17 nitrogen and oxygen atoms in total. The maximum atomic E-state index is 13.1. The summed E-state index contributed by atoms with van der Waals surface area (Å²) in [4.78, 5) is 72.7. The quantitative estimate of drug-likeness (QED) is 0.0222. The molecule has 0 fully saturated rings. The van der Waals surface area contributed by atoms with Gasteiger partial charge in [0, 0.05) is 25.7 Å². The first-order valence-corrected chi connectivity index (χ1v) is 41.7. The third kappa shape index (κ3) is 67.3. The third-order valence-corrected chi connectivity index (χ3v) is 19.6. The van der Waals surface area contributed by atoms with Gasteiger partial charge >= 0.3 is 39.5 Å². The van der Waals surface area contributed by atoms with Gasteiger partial charge in [0.25, 0.3) is 0 Å². The number of carbonyl (C=O) groups is 4. The van der Waals surface area contributed by atoms with Crippen LogP contribution in [0.25, 0.3) is 0 Å². The minimum Gasteiger partial charge on any atom is -0.462 e. The number of hydrogen-bond acceptors (Lipinski definition) is 15. The van der Waals surface area contributed by atoms with Gasteiger partial charge in [0.1, 0.15) is 19.3 Å². The average Bonchev–Trinajstić information content (AvgIpc) is 2.02. The van der Waals surface area contributed by atoms with Crippen molar-refractivity contribution < 1.29 is 80.2 Å². The zero-order valence-corrected chi connectivity index (χ0v) is 63.4. The second kappa shape index (κ2) is 64.4. The lowest BCUT2D eigenvalue weighted by atomic mass is 10.00. The Morgan fingerprint density at radius 1 is 0.298 bits per heavy atom. The Bertz CT molecular complexity index is 1850. The van der Waals surface area contributed by atoms with Gasteiger partial charge in [-0.1, -0.05) is 325 Å². The maximum Gasteiger partial charge on any atom is 0.472 e. The van der Waals surface area contributed by atoms with Crippen LogP contribution >= 0.6 is 15.6 Å². The Morgan fingerprint density at radius 2 is 0.511 bits per heavy atom. The number of aliphatic hydroxyl groups is 1. The number of phosphoric acid groups is 2. The molecule has 3 N–H and O–H groups in total. The fourth-order valence-corrected chi connectivity index (χ4v) is 12.9. The molecule has 0 spiro atoms. The highest BCUT2D eigenvalue weighted by Crippen LogP contribution is 2.45. The first-order valence-electron chi connectivity index (χ1n) is 38.7. The third-order valence-electron chi connectivity index (χ3n) is 17.7. The first-order chi connectivity index (χ1) is 45.1. The van der Waals surface area contributed by atoms with Crippen LogP contribution in [0.2, 0.25) is 0 Å². The SMILES string of the molecule is CCC(C)CCCCCCCCC(=O)OC[C@H](COP(=O)(O)OC[C@H](O)COP(=O)(O)OC[C@@H](COC(=O)CCCCCCCCCCCCCCCCCC(C)C)OC(=O)CCCCCCCCCCC(C)C)OC(=O)CCCCCCCCCCCCCCC(C)C. The van der Waals surface area contributed by atoms with Gasteiger partial charge in [0.15, 0.2) is 12.2 Å². The van der Waals surface area contributed by atoms with Crippen LogP contribution in [0.3, 0.4) is 0 Å². The summed E-state index contributed by atoms with van der Waals surface area (Å²) >= 11 is 0. The standard InChI is InChI=1S/C75H146O17P2/c1-9-68(8)54-46-38-33-34-40-48-56-73(78)86-62-71(91-74(79)57-49-41-31-24-20-16-15-18-22-28-36-44-52-66(4)5)64-90-94(83,84)88-60-69(76)59-87-93(81,82)89-63-70(92-75(80)58-50-42-32-26-25-29-37-45-53-67(6)7)61-85-72(77)55-47-39-30-23-19-14-12-10-11-13-17-21-27-35-43-51-65(2)3/h65-71,76H,9-64H2,1-8H3,(H,81,82)(H,83,84)/t68?,69-,70-,71-/m1/s1. The van der Waals surface area contributed by atoms with E-state index in [1.54, 1.807) is 0 Å². The molecule has 0 bridgehead atoms. The minimum atomic E-state index is -4.96. The van der Waals surface area contributed by atoms with Crippen molar-refractivity contribution in [1.82, 2.24) is 0 Å². The highest BCUT2D eigenvalue weighted by atomic mass is 31.2. The molecule has 0 radical (unpaired) electrons. The van der Waals surface area contributed by atoms with Crippen LogP contribution in [0, 0.1) is 23.7 Å². The number of rotatable bonds is 72. The lowest BCUT2D eigenvalue weighted by Gasteiger charge is -2.21. The van der Waals surface area contributed by atoms with Crippen molar-refractivity contribution in [3.8, 4) is 0 Å². The smallest absolute Gasteiger partial charge is 0.462 e. The Balaban J connectivity index is 5.21. The van der Waals surface area contributed by atoms with Crippen LogP contribution in [0.15, 0.2) is 0 Å². The molecule has 0 rings (SSSR count). The Kier molecular flexibility index (Phi) is 63.1. The number of esters is 4. The van der Waals surface area contributed by atoms with Gasteiger partial charge in [0.2, 0.25) is 0 Å². The molecule has 0 saturated carbocycles. The lowest BCUT2D eigenvalue weighted by molar-refractivity contribution is -0.161. The van der Waals surface area contributed by atoms with Gasteiger partial charge < -0.3 is 33.8 Å².